The fraction of sp³-hybridized carbons (Fsp3) is 0.840. The van der Waals surface area contributed by atoms with Crippen molar-refractivity contribution in [3.63, 3.8) is 0 Å². The van der Waals surface area contributed by atoms with Gasteiger partial charge in [0.05, 0.1) is 18.4 Å². The summed E-state index contributed by atoms with van der Waals surface area (Å²) in [6.45, 7) is 5.27. The van der Waals surface area contributed by atoms with Gasteiger partial charge in [-0.3, -0.25) is 9.48 Å². The van der Waals surface area contributed by atoms with Crippen LogP contribution in [0.3, 0.4) is 0 Å². The quantitative estimate of drug-likeness (QED) is 0.780. The zero-order chi connectivity index (χ0) is 21.0. The van der Waals surface area contributed by atoms with Crippen molar-refractivity contribution < 1.29 is 4.79 Å². The van der Waals surface area contributed by atoms with Crippen LogP contribution >= 0.6 is 0 Å². The predicted octanol–water partition coefficient (Wildman–Crippen LogP) is 4.14. The van der Waals surface area contributed by atoms with Gasteiger partial charge in [-0.05, 0) is 92.9 Å². The second kappa shape index (κ2) is 7.65. The summed E-state index contributed by atoms with van der Waals surface area (Å²) in [6.07, 6.45) is 14.0. The molecule has 1 aromatic heterocycles. The molecule has 30 heavy (non-hydrogen) atoms. The Morgan fingerprint density at radius 3 is 2.77 bits per heavy atom. The van der Waals surface area contributed by atoms with E-state index in [1.165, 1.54) is 38.5 Å². The number of fused-ring (bicyclic) bond motifs is 5. The highest BCUT2D eigenvalue weighted by molar-refractivity contribution is 5.82. The van der Waals surface area contributed by atoms with Crippen LogP contribution < -0.4 is 11.1 Å². The number of nitrogen functional groups attached to an aromatic ring is 1. The minimum atomic E-state index is 0.124. The Balaban J connectivity index is 1.38. The lowest BCUT2D eigenvalue weighted by Gasteiger charge is -2.59. The number of carbonyl (C=O) groups excluding carboxylic acids is 1. The number of aromatic nitrogens is 2. The maximum absolute atomic E-state index is 13.4. The van der Waals surface area contributed by atoms with Gasteiger partial charge in [-0.1, -0.05) is 20.3 Å². The number of ketones is 1. The van der Waals surface area contributed by atoms with Gasteiger partial charge in [0, 0.05) is 18.2 Å². The van der Waals surface area contributed by atoms with Crippen molar-refractivity contribution >= 4 is 11.5 Å². The lowest BCUT2D eigenvalue weighted by atomic mass is 9.47. The first-order chi connectivity index (χ1) is 14.4. The number of nitrogens with zero attached hydrogens (tertiary/aromatic N) is 2. The molecular formula is C25H40N4O. The monoisotopic (exact) mass is 412 g/mol. The third-order valence-electron chi connectivity index (χ3n) is 9.94. The van der Waals surface area contributed by atoms with Crippen LogP contribution in [0.5, 0.6) is 0 Å². The van der Waals surface area contributed by atoms with E-state index in [0.717, 1.165) is 42.4 Å². The number of Topliss-reactive ketones (excluding diaryl/α,β-unsaturated/α-hetero) is 1. The molecule has 1 heterocycles. The van der Waals surface area contributed by atoms with Gasteiger partial charge in [0.25, 0.3) is 0 Å². The first-order valence-corrected chi connectivity index (χ1v) is 12.4. The number of anilines is 1. The molecule has 5 nitrogen and oxygen atoms in total. The number of nitrogens with two attached hydrogens (primary N) is 1. The molecule has 4 aliphatic rings. The molecule has 5 rings (SSSR count). The molecule has 8 unspecified atom stereocenters. The van der Waals surface area contributed by atoms with Gasteiger partial charge in [0.15, 0.2) is 5.78 Å². The zero-order valence-corrected chi connectivity index (χ0v) is 19.0. The maximum atomic E-state index is 13.4. The number of nitrogens with one attached hydrogen (secondary N) is 1. The highest BCUT2D eigenvalue weighted by atomic mass is 16.1. The fourth-order valence-electron chi connectivity index (χ4n) is 8.77. The average Bonchev–Trinajstić information content (AvgIpc) is 3.28. The smallest absolute Gasteiger partial charge is 0.157 e. The molecule has 0 aromatic carbocycles. The van der Waals surface area contributed by atoms with E-state index in [4.69, 9.17) is 5.73 Å². The van der Waals surface area contributed by atoms with Crippen molar-refractivity contribution in [2.75, 3.05) is 12.8 Å². The number of hydrogen-bond acceptors (Lipinski definition) is 4. The first kappa shape index (κ1) is 20.5. The Bertz CT molecular complexity index is 790. The van der Waals surface area contributed by atoms with E-state index in [1.54, 1.807) is 17.1 Å². The molecule has 4 fully saturated rings. The van der Waals surface area contributed by atoms with Gasteiger partial charge in [-0.25, -0.2) is 0 Å². The summed E-state index contributed by atoms with van der Waals surface area (Å²) in [6, 6.07) is 0.561. The number of carbonyl (C=O) groups is 1. The molecule has 0 radical (unpaired) electrons. The van der Waals surface area contributed by atoms with E-state index < -0.39 is 0 Å². The highest BCUT2D eigenvalue weighted by Gasteiger charge is 2.60. The van der Waals surface area contributed by atoms with E-state index in [9.17, 15) is 4.79 Å². The summed E-state index contributed by atoms with van der Waals surface area (Å²) in [5.74, 6) is 5.61. The minimum Gasteiger partial charge on any atom is -0.396 e. The Labute approximate surface area is 181 Å². The van der Waals surface area contributed by atoms with Crippen LogP contribution in [0, 0.1) is 46.8 Å². The molecule has 0 spiro atoms. The minimum absolute atomic E-state index is 0.124. The standard InChI is InChI=1S/C25H40N4O/c1-15-4-6-18-16(10-15)5-7-19-20-8-9-21(23(30)14-29-13-17(26)12-28-29)25(20,2)11-22(27-3)24(18)19/h12-13,15-16,18-22,24,27H,4-11,14,26H2,1-3H3/t15?,16?,18?,19?,20?,21?,22?,24-,25?/m1/s1. The van der Waals surface area contributed by atoms with Crippen LogP contribution in [0.1, 0.15) is 65.2 Å². The molecule has 0 bridgehead atoms. The third-order valence-corrected chi connectivity index (χ3v) is 9.94. The molecule has 3 N–H and O–H groups in total. The second-order valence-corrected chi connectivity index (χ2v) is 11.4. The van der Waals surface area contributed by atoms with Gasteiger partial charge in [-0.2, -0.15) is 5.10 Å². The van der Waals surface area contributed by atoms with Gasteiger partial charge in [0.2, 0.25) is 0 Å². The lowest BCUT2D eigenvalue weighted by Crippen LogP contribution is -2.58. The number of hydrogen-bond donors (Lipinski definition) is 2. The molecular weight excluding hydrogens is 372 g/mol. The molecule has 5 heteroatoms. The Kier molecular flexibility index (Phi) is 5.24. The summed E-state index contributed by atoms with van der Waals surface area (Å²) in [4.78, 5) is 13.4. The van der Waals surface area contributed by atoms with Crippen molar-refractivity contribution in [3.05, 3.63) is 12.4 Å². The fourth-order valence-corrected chi connectivity index (χ4v) is 8.77. The van der Waals surface area contributed by atoms with Crippen LogP contribution in [0.4, 0.5) is 5.69 Å². The van der Waals surface area contributed by atoms with Crippen LogP contribution in [0.25, 0.3) is 0 Å². The van der Waals surface area contributed by atoms with Crippen molar-refractivity contribution in [3.8, 4) is 0 Å². The normalized spacial score (nSPS) is 45.4. The average molecular weight is 413 g/mol. The van der Waals surface area contributed by atoms with Crippen molar-refractivity contribution in [2.45, 2.75) is 77.8 Å². The Hall–Kier alpha value is -1.36. The van der Waals surface area contributed by atoms with Crippen LogP contribution in [-0.4, -0.2) is 28.7 Å². The molecule has 9 atom stereocenters. The zero-order valence-electron chi connectivity index (χ0n) is 19.0. The van der Waals surface area contributed by atoms with Gasteiger partial charge in [-0.15, -0.1) is 0 Å². The predicted molar refractivity (Wildman–Crippen MR) is 120 cm³/mol. The Morgan fingerprint density at radius 1 is 1.23 bits per heavy atom. The largest absolute Gasteiger partial charge is 0.396 e. The van der Waals surface area contributed by atoms with Crippen LogP contribution in [0.15, 0.2) is 12.4 Å². The Morgan fingerprint density at radius 2 is 2.03 bits per heavy atom. The summed E-state index contributed by atoms with van der Waals surface area (Å²) in [5, 5.41) is 8.01. The van der Waals surface area contributed by atoms with Crippen molar-refractivity contribution in [1.29, 1.82) is 0 Å². The van der Waals surface area contributed by atoms with E-state index in [-0.39, 0.29) is 11.3 Å². The van der Waals surface area contributed by atoms with Gasteiger partial charge in [0.1, 0.15) is 0 Å². The molecule has 1 aromatic rings. The van der Waals surface area contributed by atoms with E-state index in [1.807, 2.05) is 0 Å². The van der Waals surface area contributed by atoms with E-state index in [2.05, 4.69) is 31.3 Å². The molecule has 0 saturated heterocycles. The molecule has 4 saturated carbocycles. The molecule has 166 valence electrons. The van der Waals surface area contributed by atoms with Crippen LogP contribution in [-0.2, 0) is 11.3 Å². The maximum Gasteiger partial charge on any atom is 0.157 e. The van der Waals surface area contributed by atoms with Crippen LogP contribution in [0.2, 0.25) is 0 Å². The summed E-state index contributed by atoms with van der Waals surface area (Å²) < 4.78 is 1.73. The summed E-state index contributed by atoms with van der Waals surface area (Å²) in [5.41, 5.74) is 6.57. The summed E-state index contributed by atoms with van der Waals surface area (Å²) in [7, 11) is 2.17. The summed E-state index contributed by atoms with van der Waals surface area (Å²) >= 11 is 0. The van der Waals surface area contributed by atoms with Gasteiger partial charge < -0.3 is 11.1 Å². The second-order valence-electron chi connectivity index (χ2n) is 11.4. The van der Waals surface area contributed by atoms with E-state index in [0.29, 0.717) is 30.0 Å². The highest BCUT2D eigenvalue weighted by Crippen LogP contribution is 2.64. The van der Waals surface area contributed by atoms with Crippen molar-refractivity contribution in [1.82, 2.24) is 15.1 Å². The first-order valence-electron chi connectivity index (χ1n) is 12.4. The molecule has 0 aliphatic heterocycles. The third kappa shape index (κ3) is 3.23. The van der Waals surface area contributed by atoms with E-state index >= 15 is 0 Å². The SMILES string of the molecule is CNC1CC2(C)C(C(=O)Cn3cc(N)cn3)CCC2C2CCC3CC(C)CCC3[C@@H]12. The van der Waals surface area contributed by atoms with Gasteiger partial charge >= 0.3 is 0 Å². The lowest BCUT2D eigenvalue weighted by molar-refractivity contribution is -0.133. The topological polar surface area (TPSA) is 72.9 Å². The molecule has 0 amide bonds. The number of rotatable bonds is 4. The molecule has 4 aliphatic carbocycles. The van der Waals surface area contributed by atoms with Crippen molar-refractivity contribution in [2.24, 2.45) is 46.8 Å².